The standard InChI is InChI=1S/C11H13NO.C7H5BrO.C4H9N.CH4/c13-9-10-3-5-11(6-4-10)12-7-1-2-8-12;8-7-3-1-6(5-9)2-4-7;1-2-4-5-3-1;/h3-6,9H,1-2,7-8H2;1-5H;5H,1-4H2;1H4. The van der Waals surface area contributed by atoms with Crippen molar-refractivity contribution in [1.82, 2.24) is 5.32 Å². The van der Waals surface area contributed by atoms with Crippen LogP contribution in [0.1, 0.15) is 53.8 Å². The molecule has 0 unspecified atom stereocenters. The maximum atomic E-state index is 10.4. The highest BCUT2D eigenvalue weighted by atomic mass is 79.9. The average molecular weight is 447 g/mol. The summed E-state index contributed by atoms with van der Waals surface area (Å²) in [6.07, 6.45) is 7.06. The van der Waals surface area contributed by atoms with Crippen LogP contribution in [0, 0.1) is 0 Å². The van der Waals surface area contributed by atoms with Gasteiger partial charge in [0, 0.05) is 34.4 Å². The smallest absolute Gasteiger partial charge is 0.150 e. The number of carbonyl (C=O) groups excluding carboxylic acids is 2. The first kappa shape index (κ1) is 24.1. The Morgan fingerprint density at radius 3 is 1.61 bits per heavy atom. The van der Waals surface area contributed by atoms with Gasteiger partial charge in [0.15, 0.2) is 0 Å². The predicted octanol–water partition coefficient (Wildman–Crippen LogP) is 5.37. The third-order valence-electron chi connectivity index (χ3n) is 4.46. The fourth-order valence-corrected chi connectivity index (χ4v) is 3.17. The summed E-state index contributed by atoms with van der Waals surface area (Å²) in [6.45, 7) is 4.81. The third kappa shape index (κ3) is 8.81. The molecule has 0 aliphatic carbocycles. The van der Waals surface area contributed by atoms with Crippen molar-refractivity contribution in [2.45, 2.75) is 33.1 Å². The van der Waals surface area contributed by atoms with Crippen molar-refractivity contribution >= 4 is 34.2 Å². The number of halogens is 1. The van der Waals surface area contributed by atoms with E-state index in [1.807, 2.05) is 36.4 Å². The maximum absolute atomic E-state index is 10.4. The molecule has 0 bridgehead atoms. The highest BCUT2D eigenvalue weighted by molar-refractivity contribution is 9.10. The fourth-order valence-electron chi connectivity index (χ4n) is 2.91. The van der Waals surface area contributed by atoms with Crippen LogP contribution in [0.4, 0.5) is 5.69 Å². The molecule has 0 atom stereocenters. The number of benzene rings is 2. The maximum Gasteiger partial charge on any atom is 0.150 e. The monoisotopic (exact) mass is 446 g/mol. The molecule has 2 heterocycles. The molecule has 0 saturated carbocycles. The molecule has 0 aromatic heterocycles. The van der Waals surface area contributed by atoms with Gasteiger partial charge in [-0.05, 0) is 75.2 Å². The van der Waals surface area contributed by atoms with E-state index in [1.54, 1.807) is 12.1 Å². The number of hydrogen-bond donors (Lipinski definition) is 1. The Bertz CT molecular complexity index is 669. The molecule has 2 fully saturated rings. The Balaban J connectivity index is 0.000000227. The van der Waals surface area contributed by atoms with Crippen LogP contribution in [0.5, 0.6) is 0 Å². The van der Waals surface area contributed by atoms with E-state index >= 15 is 0 Å². The first-order valence-electron chi connectivity index (χ1n) is 9.44. The lowest BCUT2D eigenvalue weighted by atomic mass is 10.2. The average Bonchev–Trinajstić information content (AvgIpc) is 3.46. The first-order chi connectivity index (χ1) is 13.2. The van der Waals surface area contributed by atoms with Gasteiger partial charge >= 0.3 is 0 Å². The van der Waals surface area contributed by atoms with Crippen molar-refractivity contribution in [2.75, 3.05) is 31.1 Å². The summed E-state index contributed by atoms with van der Waals surface area (Å²) in [5, 5.41) is 3.22. The fraction of sp³-hybridized carbons (Fsp3) is 0.391. The molecule has 2 aromatic rings. The Morgan fingerprint density at radius 1 is 0.750 bits per heavy atom. The number of anilines is 1. The molecule has 1 N–H and O–H groups in total. The van der Waals surface area contributed by atoms with E-state index in [1.165, 1.54) is 44.5 Å². The zero-order valence-electron chi connectivity index (χ0n) is 15.6. The second kappa shape index (κ2) is 14.1. The number of carbonyl (C=O) groups is 2. The molecule has 152 valence electrons. The van der Waals surface area contributed by atoms with Crippen LogP contribution in [0.3, 0.4) is 0 Å². The van der Waals surface area contributed by atoms with E-state index in [-0.39, 0.29) is 7.43 Å². The van der Waals surface area contributed by atoms with Gasteiger partial charge in [0.25, 0.3) is 0 Å². The van der Waals surface area contributed by atoms with Gasteiger partial charge in [-0.15, -0.1) is 0 Å². The topological polar surface area (TPSA) is 49.4 Å². The number of hydrogen-bond acceptors (Lipinski definition) is 4. The van der Waals surface area contributed by atoms with E-state index in [9.17, 15) is 9.59 Å². The minimum Gasteiger partial charge on any atom is -0.372 e. The highest BCUT2D eigenvalue weighted by Gasteiger charge is 2.11. The summed E-state index contributed by atoms with van der Waals surface area (Å²) < 4.78 is 0.994. The van der Waals surface area contributed by atoms with Gasteiger partial charge in [-0.25, -0.2) is 0 Å². The highest BCUT2D eigenvalue weighted by Crippen LogP contribution is 2.19. The van der Waals surface area contributed by atoms with Gasteiger partial charge in [0.05, 0.1) is 0 Å². The van der Waals surface area contributed by atoms with E-state index in [0.29, 0.717) is 5.56 Å². The predicted molar refractivity (Wildman–Crippen MR) is 122 cm³/mol. The largest absolute Gasteiger partial charge is 0.372 e. The van der Waals surface area contributed by atoms with Crippen LogP contribution in [0.15, 0.2) is 53.0 Å². The summed E-state index contributed by atoms with van der Waals surface area (Å²) in [6, 6.07) is 15.0. The van der Waals surface area contributed by atoms with Gasteiger partial charge < -0.3 is 10.2 Å². The van der Waals surface area contributed by atoms with Gasteiger partial charge in [-0.3, -0.25) is 9.59 Å². The Hall–Kier alpha value is -1.98. The Labute approximate surface area is 177 Å². The van der Waals surface area contributed by atoms with Crippen LogP contribution in [-0.2, 0) is 0 Å². The molecule has 2 aliphatic rings. The van der Waals surface area contributed by atoms with E-state index in [0.717, 1.165) is 35.7 Å². The van der Waals surface area contributed by atoms with E-state index in [4.69, 9.17) is 0 Å². The molecule has 2 aliphatic heterocycles. The third-order valence-corrected chi connectivity index (χ3v) is 4.99. The summed E-state index contributed by atoms with van der Waals surface area (Å²) in [7, 11) is 0. The van der Waals surface area contributed by atoms with Crippen LogP contribution in [0.2, 0.25) is 0 Å². The minimum atomic E-state index is 0. The zero-order valence-corrected chi connectivity index (χ0v) is 17.2. The lowest BCUT2D eigenvalue weighted by molar-refractivity contribution is 0.111. The van der Waals surface area contributed by atoms with Crippen molar-refractivity contribution < 1.29 is 9.59 Å². The first-order valence-corrected chi connectivity index (χ1v) is 10.2. The number of rotatable bonds is 3. The zero-order chi connectivity index (χ0) is 19.3. The molecule has 0 spiro atoms. The van der Waals surface area contributed by atoms with Gasteiger partial charge in [0.2, 0.25) is 0 Å². The quantitative estimate of drug-likeness (QED) is 0.643. The van der Waals surface area contributed by atoms with Crippen molar-refractivity contribution in [3.8, 4) is 0 Å². The SMILES string of the molecule is C.C1CCNC1.O=Cc1ccc(Br)cc1.O=Cc1ccc(N2CCCC2)cc1. The van der Waals surface area contributed by atoms with Crippen molar-refractivity contribution in [1.29, 1.82) is 0 Å². The summed E-state index contributed by atoms with van der Waals surface area (Å²) in [5.41, 5.74) is 2.70. The van der Waals surface area contributed by atoms with Crippen LogP contribution < -0.4 is 10.2 Å². The Kier molecular flexibility index (Phi) is 12.1. The van der Waals surface area contributed by atoms with Crippen molar-refractivity contribution in [3.63, 3.8) is 0 Å². The molecule has 2 aromatic carbocycles. The molecule has 2 saturated heterocycles. The Morgan fingerprint density at radius 2 is 1.21 bits per heavy atom. The molecule has 0 radical (unpaired) electrons. The normalized spacial score (nSPS) is 14.7. The number of nitrogens with one attached hydrogen (secondary N) is 1. The second-order valence-corrected chi connectivity index (χ2v) is 7.45. The summed E-state index contributed by atoms with van der Waals surface area (Å²) >= 11 is 3.26. The van der Waals surface area contributed by atoms with Crippen LogP contribution >= 0.6 is 15.9 Å². The molecule has 28 heavy (non-hydrogen) atoms. The number of aldehydes is 2. The van der Waals surface area contributed by atoms with E-state index < -0.39 is 0 Å². The van der Waals surface area contributed by atoms with Gasteiger partial charge in [0.1, 0.15) is 12.6 Å². The summed E-state index contributed by atoms with van der Waals surface area (Å²) in [4.78, 5) is 22.9. The molecule has 5 heteroatoms. The number of nitrogens with zero attached hydrogens (tertiary/aromatic N) is 1. The van der Waals surface area contributed by atoms with Crippen LogP contribution in [-0.4, -0.2) is 38.8 Å². The van der Waals surface area contributed by atoms with E-state index in [2.05, 4.69) is 26.1 Å². The van der Waals surface area contributed by atoms with Crippen molar-refractivity contribution in [2.24, 2.45) is 0 Å². The molecule has 4 rings (SSSR count). The minimum absolute atomic E-state index is 0. The van der Waals surface area contributed by atoms with Gasteiger partial charge in [-0.2, -0.15) is 0 Å². The molecular weight excluding hydrogens is 416 g/mol. The molecule has 0 amide bonds. The van der Waals surface area contributed by atoms with Crippen LogP contribution in [0.25, 0.3) is 0 Å². The molecule has 4 nitrogen and oxygen atoms in total. The van der Waals surface area contributed by atoms with Crippen molar-refractivity contribution in [3.05, 3.63) is 64.1 Å². The lowest BCUT2D eigenvalue weighted by Gasteiger charge is -2.17. The second-order valence-electron chi connectivity index (χ2n) is 6.53. The lowest BCUT2D eigenvalue weighted by Crippen LogP contribution is -2.17. The van der Waals surface area contributed by atoms with Gasteiger partial charge in [-0.1, -0.05) is 35.5 Å². The molecular formula is C23H31BrN2O2. The summed E-state index contributed by atoms with van der Waals surface area (Å²) in [5.74, 6) is 0.